The normalized spacial score (nSPS) is 13.5. The zero-order chi connectivity index (χ0) is 22.8. The van der Waals surface area contributed by atoms with E-state index in [1.807, 2.05) is 30.3 Å². The highest BCUT2D eigenvalue weighted by molar-refractivity contribution is 6.53. The molecule has 32 heavy (non-hydrogen) atoms. The van der Waals surface area contributed by atoms with E-state index in [4.69, 9.17) is 23.2 Å². The van der Waals surface area contributed by atoms with Crippen molar-refractivity contribution in [1.29, 1.82) is 0 Å². The van der Waals surface area contributed by atoms with Gasteiger partial charge in [-0.05, 0) is 54.6 Å². The lowest BCUT2D eigenvalue weighted by Gasteiger charge is -2.17. The van der Waals surface area contributed by atoms with E-state index in [0.29, 0.717) is 22.0 Å². The van der Waals surface area contributed by atoms with Gasteiger partial charge >= 0.3 is 0 Å². The van der Waals surface area contributed by atoms with Crippen LogP contribution in [0.3, 0.4) is 0 Å². The van der Waals surface area contributed by atoms with Crippen molar-refractivity contribution in [2.45, 2.75) is 0 Å². The summed E-state index contributed by atoms with van der Waals surface area (Å²) < 4.78 is 0. The fourth-order valence-electron chi connectivity index (χ4n) is 3.26. The topological polar surface area (TPSA) is 69.7 Å². The van der Waals surface area contributed by atoms with Crippen LogP contribution < -0.4 is 15.1 Å². The molecule has 3 aromatic carbocycles. The molecule has 0 spiro atoms. The van der Waals surface area contributed by atoms with Gasteiger partial charge in [0.2, 0.25) is 0 Å². The molecule has 3 amide bonds. The molecule has 3 aromatic rings. The van der Waals surface area contributed by atoms with Crippen molar-refractivity contribution in [3.05, 3.63) is 100 Å². The van der Waals surface area contributed by atoms with E-state index in [0.717, 1.165) is 10.6 Å². The van der Waals surface area contributed by atoms with E-state index in [1.165, 1.54) is 6.07 Å². The summed E-state index contributed by atoms with van der Waals surface area (Å²) in [5, 5.41) is 3.06. The molecule has 0 unspecified atom stereocenters. The van der Waals surface area contributed by atoms with Crippen LogP contribution >= 0.6 is 23.2 Å². The SMILES string of the molecule is CN(C(=O)c1ccc(NC2=C(Cl)C(=O)N(c3cccc(Cl)c3)C2=O)cc1)c1ccccc1. The Kier molecular flexibility index (Phi) is 5.99. The molecule has 0 fully saturated rings. The molecular formula is C24H17Cl2N3O3. The van der Waals surface area contributed by atoms with Crippen molar-refractivity contribution in [3.8, 4) is 0 Å². The molecule has 0 atom stereocenters. The van der Waals surface area contributed by atoms with Gasteiger partial charge in [0.1, 0.15) is 10.7 Å². The summed E-state index contributed by atoms with van der Waals surface area (Å²) in [5.41, 5.74) is 2.03. The molecule has 1 aliphatic heterocycles. The lowest BCUT2D eigenvalue weighted by Crippen LogP contribution is -2.32. The number of hydrogen-bond donors (Lipinski definition) is 1. The third-order valence-electron chi connectivity index (χ3n) is 4.94. The van der Waals surface area contributed by atoms with Gasteiger partial charge in [-0.3, -0.25) is 14.4 Å². The van der Waals surface area contributed by atoms with Gasteiger partial charge in [0.25, 0.3) is 17.7 Å². The molecule has 0 radical (unpaired) electrons. The maximum absolute atomic E-state index is 12.9. The summed E-state index contributed by atoms with van der Waals surface area (Å²) >= 11 is 12.1. The van der Waals surface area contributed by atoms with E-state index in [9.17, 15) is 14.4 Å². The second-order valence-electron chi connectivity index (χ2n) is 7.02. The Morgan fingerprint density at radius 3 is 2.22 bits per heavy atom. The van der Waals surface area contributed by atoms with E-state index >= 15 is 0 Å². The maximum Gasteiger partial charge on any atom is 0.283 e. The lowest BCUT2D eigenvalue weighted by atomic mass is 10.1. The average molecular weight is 466 g/mol. The summed E-state index contributed by atoms with van der Waals surface area (Å²) in [6.45, 7) is 0. The summed E-state index contributed by atoms with van der Waals surface area (Å²) in [6.07, 6.45) is 0. The highest BCUT2D eigenvalue weighted by atomic mass is 35.5. The minimum absolute atomic E-state index is 0.0443. The predicted molar refractivity (Wildman–Crippen MR) is 126 cm³/mol. The number of imide groups is 1. The second-order valence-corrected chi connectivity index (χ2v) is 7.83. The van der Waals surface area contributed by atoms with Crippen molar-refractivity contribution < 1.29 is 14.4 Å². The molecule has 1 aliphatic rings. The molecular weight excluding hydrogens is 449 g/mol. The smallest absolute Gasteiger partial charge is 0.283 e. The maximum atomic E-state index is 12.9. The predicted octanol–water partition coefficient (Wildman–Crippen LogP) is 5.05. The van der Waals surface area contributed by atoms with Gasteiger partial charge < -0.3 is 10.2 Å². The number of amides is 3. The van der Waals surface area contributed by atoms with Crippen molar-refractivity contribution in [1.82, 2.24) is 0 Å². The van der Waals surface area contributed by atoms with Crippen LogP contribution in [0.25, 0.3) is 0 Å². The van der Waals surface area contributed by atoms with Crippen LogP contribution in [0.1, 0.15) is 10.4 Å². The van der Waals surface area contributed by atoms with E-state index in [2.05, 4.69) is 5.32 Å². The van der Waals surface area contributed by atoms with Gasteiger partial charge in [0.15, 0.2) is 0 Å². The Morgan fingerprint density at radius 1 is 0.875 bits per heavy atom. The number of rotatable bonds is 5. The zero-order valence-corrected chi connectivity index (χ0v) is 18.4. The Balaban J connectivity index is 1.51. The van der Waals surface area contributed by atoms with Crippen molar-refractivity contribution in [3.63, 3.8) is 0 Å². The first-order valence-corrected chi connectivity index (χ1v) is 10.4. The van der Waals surface area contributed by atoms with Crippen LogP contribution in [0.15, 0.2) is 89.6 Å². The van der Waals surface area contributed by atoms with Crippen LogP contribution in [0.4, 0.5) is 17.1 Å². The third-order valence-corrected chi connectivity index (χ3v) is 5.53. The Hall–Kier alpha value is -3.61. The van der Waals surface area contributed by atoms with Crippen molar-refractivity contribution in [2.75, 3.05) is 22.2 Å². The lowest BCUT2D eigenvalue weighted by molar-refractivity contribution is -0.120. The number of nitrogens with one attached hydrogen (secondary N) is 1. The number of hydrogen-bond acceptors (Lipinski definition) is 4. The molecule has 160 valence electrons. The van der Waals surface area contributed by atoms with Gasteiger partial charge in [-0.15, -0.1) is 0 Å². The largest absolute Gasteiger partial charge is 0.350 e. The molecule has 0 aliphatic carbocycles. The first kappa shape index (κ1) is 21.6. The van der Waals surface area contributed by atoms with Crippen LogP contribution in [-0.2, 0) is 9.59 Å². The van der Waals surface area contributed by atoms with E-state index < -0.39 is 11.8 Å². The Labute approximate surface area is 194 Å². The highest BCUT2D eigenvalue weighted by Gasteiger charge is 2.39. The van der Waals surface area contributed by atoms with Gasteiger partial charge in [0.05, 0.1) is 5.69 Å². The number of carbonyl (C=O) groups is 3. The van der Waals surface area contributed by atoms with Gasteiger partial charge in [-0.2, -0.15) is 0 Å². The van der Waals surface area contributed by atoms with Crippen LogP contribution in [0.5, 0.6) is 0 Å². The number of halogens is 2. The molecule has 0 saturated carbocycles. The fourth-order valence-corrected chi connectivity index (χ4v) is 3.66. The quantitative estimate of drug-likeness (QED) is 0.535. The molecule has 1 heterocycles. The van der Waals surface area contributed by atoms with Gasteiger partial charge in [0, 0.05) is 29.0 Å². The minimum Gasteiger partial charge on any atom is -0.350 e. The third kappa shape index (κ3) is 4.10. The molecule has 6 nitrogen and oxygen atoms in total. The second kappa shape index (κ2) is 8.86. The van der Waals surface area contributed by atoms with Crippen LogP contribution in [0, 0.1) is 0 Å². The van der Waals surface area contributed by atoms with Crippen LogP contribution in [0.2, 0.25) is 5.02 Å². The summed E-state index contributed by atoms with van der Waals surface area (Å²) in [5.74, 6) is -1.41. The molecule has 0 bridgehead atoms. The number of carbonyl (C=O) groups excluding carboxylic acids is 3. The standard InChI is InChI=1S/C24H17Cl2N3O3/c1-28(18-7-3-2-4-8-18)22(30)15-10-12-17(13-11-15)27-21-20(26)23(31)29(24(21)32)19-9-5-6-16(25)14-19/h2-14,27H,1H3. The molecule has 4 rings (SSSR count). The van der Waals surface area contributed by atoms with E-state index in [1.54, 1.807) is 54.4 Å². The highest BCUT2D eigenvalue weighted by Crippen LogP contribution is 2.31. The Bertz CT molecular complexity index is 1240. The fraction of sp³-hybridized carbons (Fsp3) is 0.0417. The first-order chi connectivity index (χ1) is 15.4. The summed E-state index contributed by atoms with van der Waals surface area (Å²) in [7, 11) is 1.70. The number of benzene rings is 3. The molecule has 1 N–H and O–H groups in total. The summed E-state index contributed by atoms with van der Waals surface area (Å²) in [6, 6.07) is 22.2. The van der Waals surface area contributed by atoms with Crippen molar-refractivity contribution in [2.24, 2.45) is 0 Å². The van der Waals surface area contributed by atoms with Gasteiger partial charge in [-0.1, -0.05) is 47.5 Å². The molecule has 8 heteroatoms. The van der Waals surface area contributed by atoms with E-state index in [-0.39, 0.29) is 16.6 Å². The molecule has 0 aromatic heterocycles. The first-order valence-electron chi connectivity index (χ1n) is 9.61. The number of nitrogens with zero attached hydrogens (tertiary/aromatic N) is 2. The summed E-state index contributed by atoms with van der Waals surface area (Å²) in [4.78, 5) is 40.7. The molecule has 0 saturated heterocycles. The number of para-hydroxylation sites is 1. The minimum atomic E-state index is -0.641. The number of anilines is 3. The van der Waals surface area contributed by atoms with Crippen molar-refractivity contribution >= 4 is 58.0 Å². The van der Waals surface area contributed by atoms with Crippen LogP contribution in [-0.4, -0.2) is 24.8 Å². The monoisotopic (exact) mass is 465 g/mol. The Morgan fingerprint density at radius 2 is 1.56 bits per heavy atom. The average Bonchev–Trinajstić information content (AvgIpc) is 3.02. The zero-order valence-electron chi connectivity index (χ0n) is 16.9. The van der Waals surface area contributed by atoms with Gasteiger partial charge in [-0.25, -0.2) is 4.90 Å².